The van der Waals surface area contributed by atoms with Gasteiger partial charge in [0.1, 0.15) is 0 Å². The van der Waals surface area contributed by atoms with Crippen LogP contribution in [0.1, 0.15) is 28.9 Å². The molecule has 0 fully saturated rings. The van der Waals surface area contributed by atoms with Gasteiger partial charge in [-0.05, 0) is 60.0 Å². The molecule has 1 amide bonds. The summed E-state index contributed by atoms with van der Waals surface area (Å²) < 4.78 is 0. The van der Waals surface area contributed by atoms with Crippen molar-refractivity contribution in [2.75, 3.05) is 0 Å². The first-order valence-electron chi connectivity index (χ1n) is 7.81. The van der Waals surface area contributed by atoms with E-state index in [-0.39, 0.29) is 11.9 Å². The van der Waals surface area contributed by atoms with Crippen LogP contribution in [0.2, 0.25) is 10.0 Å². The number of carbonyl (C=O) groups is 1. The predicted octanol–water partition coefficient (Wildman–Crippen LogP) is 5.55. The molecular weight excluding hydrogens is 355 g/mol. The molecule has 2 aromatic carbocycles. The highest BCUT2D eigenvalue weighted by Crippen LogP contribution is 2.26. The molecule has 1 N–H and O–H groups in total. The molecule has 3 nitrogen and oxygen atoms in total. The lowest BCUT2D eigenvalue weighted by molar-refractivity contribution is 0.0940. The zero-order chi connectivity index (χ0) is 17.8. The summed E-state index contributed by atoms with van der Waals surface area (Å²) in [7, 11) is 0. The molecule has 25 heavy (non-hydrogen) atoms. The number of rotatable bonds is 4. The van der Waals surface area contributed by atoms with Crippen molar-refractivity contribution in [3.8, 4) is 11.1 Å². The van der Waals surface area contributed by atoms with Crippen LogP contribution in [0.15, 0.2) is 67.0 Å². The van der Waals surface area contributed by atoms with Gasteiger partial charge in [-0.25, -0.2) is 0 Å². The smallest absolute Gasteiger partial charge is 0.253 e. The van der Waals surface area contributed by atoms with Gasteiger partial charge < -0.3 is 5.32 Å². The van der Waals surface area contributed by atoms with Crippen molar-refractivity contribution >= 4 is 29.1 Å². The van der Waals surface area contributed by atoms with Crippen LogP contribution in [0, 0.1) is 0 Å². The van der Waals surface area contributed by atoms with E-state index < -0.39 is 0 Å². The van der Waals surface area contributed by atoms with Gasteiger partial charge in [-0.1, -0.05) is 41.4 Å². The van der Waals surface area contributed by atoms with Crippen LogP contribution < -0.4 is 5.32 Å². The first kappa shape index (κ1) is 17.5. The lowest BCUT2D eigenvalue weighted by Crippen LogP contribution is -2.26. The van der Waals surface area contributed by atoms with Crippen LogP contribution in [0.5, 0.6) is 0 Å². The van der Waals surface area contributed by atoms with Gasteiger partial charge in [0.15, 0.2) is 0 Å². The molecule has 3 aromatic rings. The van der Waals surface area contributed by atoms with Crippen molar-refractivity contribution in [1.29, 1.82) is 0 Å². The number of hydrogen-bond acceptors (Lipinski definition) is 2. The van der Waals surface area contributed by atoms with Crippen molar-refractivity contribution in [2.45, 2.75) is 13.0 Å². The zero-order valence-corrected chi connectivity index (χ0v) is 15.1. The van der Waals surface area contributed by atoms with Gasteiger partial charge >= 0.3 is 0 Å². The normalized spacial score (nSPS) is 11.8. The van der Waals surface area contributed by atoms with Crippen LogP contribution in [0.25, 0.3) is 11.1 Å². The van der Waals surface area contributed by atoms with Crippen molar-refractivity contribution < 1.29 is 4.79 Å². The van der Waals surface area contributed by atoms with E-state index in [1.807, 2.05) is 37.3 Å². The van der Waals surface area contributed by atoms with Crippen molar-refractivity contribution in [1.82, 2.24) is 10.3 Å². The van der Waals surface area contributed by atoms with E-state index >= 15 is 0 Å². The minimum absolute atomic E-state index is 0.152. The average molecular weight is 371 g/mol. The summed E-state index contributed by atoms with van der Waals surface area (Å²) >= 11 is 12.2. The third kappa shape index (κ3) is 4.19. The lowest BCUT2D eigenvalue weighted by Gasteiger charge is -2.15. The Labute approximate surface area is 156 Å². The van der Waals surface area contributed by atoms with Gasteiger partial charge in [-0.3, -0.25) is 9.78 Å². The highest BCUT2D eigenvalue weighted by Gasteiger charge is 2.15. The average Bonchev–Trinajstić information content (AvgIpc) is 2.62. The Balaban J connectivity index is 1.77. The quantitative estimate of drug-likeness (QED) is 0.654. The molecule has 5 heteroatoms. The molecule has 126 valence electrons. The Morgan fingerprint density at radius 2 is 1.64 bits per heavy atom. The fourth-order valence-corrected chi connectivity index (χ4v) is 2.92. The van der Waals surface area contributed by atoms with Gasteiger partial charge in [0.25, 0.3) is 5.91 Å². The molecule has 0 bridgehead atoms. The third-order valence-corrected chi connectivity index (χ3v) is 4.51. The van der Waals surface area contributed by atoms with Crippen molar-refractivity contribution in [3.05, 3.63) is 88.2 Å². The molecular formula is C20H16Cl2N2O. The Hall–Kier alpha value is -2.36. The summed E-state index contributed by atoms with van der Waals surface area (Å²) in [4.78, 5) is 16.5. The Morgan fingerprint density at radius 1 is 0.960 bits per heavy atom. The second kappa shape index (κ2) is 7.68. The molecule has 0 aliphatic carbocycles. The predicted molar refractivity (Wildman–Crippen MR) is 102 cm³/mol. The standard InChI is InChI=1S/C20H16Cl2N2O/c1-13(14-2-5-17(21)6-3-14)24-20(25)18-7-4-16(12-19(18)22)15-8-10-23-11-9-15/h2-13H,1H3,(H,24,25)/t13-/m1/s1. The van der Waals surface area contributed by atoms with Gasteiger partial charge in [-0.15, -0.1) is 0 Å². The maximum absolute atomic E-state index is 12.5. The summed E-state index contributed by atoms with van der Waals surface area (Å²) in [6, 6.07) is 16.4. The number of hydrogen-bond donors (Lipinski definition) is 1. The second-order valence-electron chi connectivity index (χ2n) is 5.68. The third-order valence-electron chi connectivity index (χ3n) is 3.94. The van der Waals surface area contributed by atoms with Gasteiger partial charge in [0, 0.05) is 17.4 Å². The van der Waals surface area contributed by atoms with Crippen LogP contribution in [-0.2, 0) is 0 Å². The highest BCUT2D eigenvalue weighted by molar-refractivity contribution is 6.34. The largest absolute Gasteiger partial charge is 0.345 e. The van der Waals surface area contributed by atoms with Crippen molar-refractivity contribution in [2.24, 2.45) is 0 Å². The van der Waals surface area contributed by atoms with Gasteiger partial charge in [0.2, 0.25) is 0 Å². The molecule has 0 saturated carbocycles. The number of nitrogens with zero attached hydrogens (tertiary/aromatic N) is 1. The maximum Gasteiger partial charge on any atom is 0.253 e. The van der Waals surface area contributed by atoms with E-state index in [0.717, 1.165) is 16.7 Å². The Bertz CT molecular complexity index is 880. The first-order chi connectivity index (χ1) is 12.0. The molecule has 0 spiro atoms. The molecule has 0 unspecified atom stereocenters. The Morgan fingerprint density at radius 3 is 2.28 bits per heavy atom. The molecule has 0 radical (unpaired) electrons. The van der Waals surface area contributed by atoms with Crippen LogP contribution in [0.4, 0.5) is 0 Å². The molecule has 3 rings (SSSR count). The molecule has 0 saturated heterocycles. The first-order valence-corrected chi connectivity index (χ1v) is 8.56. The van der Waals surface area contributed by atoms with Crippen LogP contribution in [0.3, 0.4) is 0 Å². The summed E-state index contributed by atoms with van der Waals surface area (Å²) in [5, 5.41) is 4.03. The fraction of sp³-hybridized carbons (Fsp3) is 0.100. The molecule has 1 aromatic heterocycles. The van der Waals surface area contributed by atoms with E-state index in [2.05, 4.69) is 10.3 Å². The SMILES string of the molecule is C[C@@H](NC(=O)c1ccc(-c2ccncc2)cc1Cl)c1ccc(Cl)cc1. The summed E-state index contributed by atoms with van der Waals surface area (Å²) in [6.45, 7) is 1.92. The molecule has 0 aliphatic heterocycles. The van der Waals surface area contributed by atoms with E-state index in [1.165, 1.54) is 0 Å². The molecule has 1 atom stereocenters. The van der Waals surface area contributed by atoms with Gasteiger partial charge in [0.05, 0.1) is 16.6 Å². The summed E-state index contributed by atoms with van der Waals surface area (Å²) in [5.74, 6) is -0.214. The number of halogens is 2. The van der Waals surface area contributed by atoms with Crippen LogP contribution in [-0.4, -0.2) is 10.9 Å². The van der Waals surface area contributed by atoms with Gasteiger partial charge in [-0.2, -0.15) is 0 Å². The van der Waals surface area contributed by atoms with E-state index in [0.29, 0.717) is 15.6 Å². The van der Waals surface area contributed by atoms with E-state index in [9.17, 15) is 4.79 Å². The number of aromatic nitrogens is 1. The zero-order valence-electron chi connectivity index (χ0n) is 13.5. The Kier molecular flexibility index (Phi) is 5.37. The highest BCUT2D eigenvalue weighted by atomic mass is 35.5. The van der Waals surface area contributed by atoms with Crippen molar-refractivity contribution in [3.63, 3.8) is 0 Å². The number of carbonyl (C=O) groups excluding carboxylic acids is 1. The number of benzene rings is 2. The van der Waals surface area contributed by atoms with E-state index in [4.69, 9.17) is 23.2 Å². The maximum atomic E-state index is 12.5. The summed E-state index contributed by atoms with van der Waals surface area (Å²) in [5.41, 5.74) is 3.36. The summed E-state index contributed by atoms with van der Waals surface area (Å²) in [6.07, 6.45) is 3.44. The van der Waals surface area contributed by atoms with Crippen LogP contribution >= 0.6 is 23.2 Å². The number of amides is 1. The monoisotopic (exact) mass is 370 g/mol. The lowest BCUT2D eigenvalue weighted by atomic mass is 10.0. The number of pyridine rings is 1. The minimum atomic E-state index is -0.214. The van der Waals surface area contributed by atoms with E-state index in [1.54, 1.807) is 36.7 Å². The fourth-order valence-electron chi connectivity index (χ4n) is 2.53. The molecule has 0 aliphatic rings. The molecule has 1 heterocycles. The topological polar surface area (TPSA) is 42.0 Å². The minimum Gasteiger partial charge on any atom is -0.345 e. The second-order valence-corrected chi connectivity index (χ2v) is 6.52. The number of nitrogens with one attached hydrogen (secondary N) is 1.